The molecule has 2 atom stereocenters. The van der Waals surface area contributed by atoms with E-state index in [0.717, 1.165) is 73.9 Å². The Morgan fingerprint density at radius 3 is 2.54 bits per heavy atom. The van der Waals surface area contributed by atoms with Gasteiger partial charge in [0.2, 0.25) is 0 Å². The van der Waals surface area contributed by atoms with Crippen LogP contribution in [0.5, 0.6) is 0 Å². The van der Waals surface area contributed by atoms with Gasteiger partial charge in [-0.05, 0) is 93.6 Å². The molecule has 2 aliphatic rings. The second-order valence-corrected chi connectivity index (χ2v) is 12.5. The number of fused-ring (bicyclic) bond motifs is 1. The first-order chi connectivity index (χ1) is 17.8. The molecule has 0 radical (unpaired) electrons. The van der Waals surface area contributed by atoms with Crippen LogP contribution < -0.4 is 5.32 Å². The van der Waals surface area contributed by atoms with Gasteiger partial charge in [-0.3, -0.25) is 4.90 Å². The minimum Gasteiger partial charge on any atom is -0.385 e. The molecular formula is C28H37FN4O3S. The maximum Gasteiger partial charge on any atom is 0.175 e. The van der Waals surface area contributed by atoms with E-state index in [1.165, 1.54) is 6.26 Å². The van der Waals surface area contributed by atoms with Gasteiger partial charge in [0.15, 0.2) is 9.84 Å². The third-order valence-electron chi connectivity index (χ3n) is 8.17. The highest BCUT2D eigenvalue weighted by atomic mass is 32.2. The number of rotatable bonds is 7. The summed E-state index contributed by atoms with van der Waals surface area (Å²) in [5.41, 5.74) is 3.03. The summed E-state index contributed by atoms with van der Waals surface area (Å²) in [5.74, 6) is 0.648. The van der Waals surface area contributed by atoms with E-state index in [0.29, 0.717) is 24.5 Å². The Bertz CT molecular complexity index is 1350. The molecule has 2 aromatic carbocycles. The van der Waals surface area contributed by atoms with Gasteiger partial charge in [-0.25, -0.2) is 17.8 Å². The van der Waals surface area contributed by atoms with E-state index in [-0.39, 0.29) is 16.6 Å². The van der Waals surface area contributed by atoms with Gasteiger partial charge in [0, 0.05) is 50.7 Å². The number of piperidine rings is 2. The zero-order valence-corrected chi connectivity index (χ0v) is 22.7. The number of hydrogen-bond donors (Lipinski definition) is 1. The molecule has 37 heavy (non-hydrogen) atoms. The Hall–Kier alpha value is -2.33. The lowest BCUT2D eigenvalue weighted by atomic mass is 9.82. The lowest BCUT2D eigenvalue weighted by Crippen LogP contribution is -2.51. The van der Waals surface area contributed by atoms with Crippen molar-refractivity contribution in [1.29, 1.82) is 0 Å². The number of likely N-dealkylation sites (tertiary alicyclic amines) is 1. The molecule has 5 rings (SSSR count). The molecule has 1 N–H and O–H groups in total. The number of aryl methyl sites for hydroxylation is 1. The molecule has 3 aromatic rings. The first kappa shape index (κ1) is 26.3. The molecule has 0 aliphatic carbocycles. The fourth-order valence-corrected chi connectivity index (χ4v) is 6.79. The first-order valence-electron chi connectivity index (χ1n) is 13.2. The van der Waals surface area contributed by atoms with Gasteiger partial charge < -0.3 is 14.6 Å². The fraction of sp³-hybridized carbons (Fsp3) is 0.536. The number of benzene rings is 2. The van der Waals surface area contributed by atoms with E-state index >= 15 is 4.39 Å². The quantitative estimate of drug-likeness (QED) is 0.497. The van der Waals surface area contributed by atoms with Crippen molar-refractivity contribution >= 4 is 20.9 Å². The SMILES string of the molecule is COCC[C@H]1CC(c2cc3nc(-c4ccc(S(C)(=O)=O)cc4)n(C)c3cc2F)CCN1C1CCNCC1. The number of aromatic nitrogens is 2. The second-order valence-electron chi connectivity index (χ2n) is 10.5. The molecule has 1 aromatic heterocycles. The van der Waals surface area contributed by atoms with E-state index in [4.69, 9.17) is 9.72 Å². The van der Waals surface area contributed by atoms with Crippen molar-refractivity contribution in [2.45, 2.75) is 55.0 Å². The molecule has 0 saturated carbocycles. The minimum absolute atomic E-state index is 0.142. The van der Waals surface area contributed by atoms with Crippen LogP contribution in [-0.4, -0.2) is 74.6 Å². The van der Waals surface area contributed by atoms with Crippen molar-refractivity contribution in [3.05, 3.63) is 47.8 Å². The zero-order valence-electron chi connectivity index (χ0n) is 21.9. The predicted molar refractivity (Wildman–Crippen MR) is 144 cm³/mol. The zero-order chi connectivity index (χ0) is 26.2. The average molecular weight is 529 g/mol. The van der Waals surface area contributed by atoms with E-state index in [2.05, 4.69) is 10.2 Å². The van der Waals surface area contributed by atoms with Crippen molar-refractivity contribution in [2.75, 3.05) is 39.6 Å². The van der Waals surface area contributed by atoms with Crippen LogP contribution in [0.4, 0.5) is 4.39 Å². The lowest BCUT2D eigenvalue weighted by Gasteiger charge is -2.45. The van der Waals surface area contributed by atoms with Crippen molar-refractivity contribution in [1.82, 2.24) is 19.8 Å². The Morgan fingerprint density at radius 1 is 1.14 bits per heavy atom. The van der Waals surface area contributed by atoms with Crippen molar-refractivity contribution in [3.8, 4) is 11.4 Å². The topological polar surface area (TPSA) is 76.5 Å². The number of methoxy groups -OCH3 is 1. The molecule has 2 fully saturated rings. The Kier molecular flexibility index (Phi) is 7.68. The van der Waals surface area contributed by atoms with Gasteiger partial charge in [0.1, 0.15) is 11.6 Å². The molecule has 9 heteroatoms. The second kappa shape index (κ2) is 10.8. The van der Waals surface area contributed by atoms with E-state index in [1.54, 1.807) is 37.4 Å². The number of hydrogen-bond acceptors (Lipinski definition) is 6. The normalized spacial score (nSPS) is 22.1. The summed E-state index contributed by atoms with van der Waals surface area (Å²) >= 11 is 0. The molecule has 0 spiro atoms. The molecular weight excluding hydrogens is 491 g/mol. The Labute approximate surface area is 218 Å². The van der Waals surface area contributed by atoms with Gasteiger partial charge >= 0.3 is 0 Å². The number of ether oxygens (including phenoxy) is 1. The van der Waals surface area contributed by atoms with Crippen LogP contribution in [0, 0.1) is 5.82 Å². The van der Waals surface area contributed by atoms with Crippen LogP contribution in [0.2, 0.25) is 0 Å². The molecule has 2 aliphatic heterocycles. The van der Waals surface area contributed by atoms with Gasteiger partial charge in [0.05, 0.1) is 15.9 Å². The average Bonchev–Trinajstić information content (AvgIpc) is 3.22. The number of sulfone groups is 1. The van der Waals surface area contributed by atoms with E-state index < -0.39 is 9.84 Å². The third-order valence-corrected chi connectivity index (χ3v) is 9.30. The molecule has 200 valence electrons. The standard InChI is InChI=1S/C28H37FN4O3S/c1-32-27-18-25(29)24(17-26(27)31-28(32)19-4-6-23(7-5-19)37(3,34)35)20-10-14-33(21-8-12-30-13-9-21)22(16-20)11-15-36-2/h4-7,17-18,20-22,30H,8-16H2,1-3H3/t20?,22-/m0/s1. The van der Waals surface area contributed by atoms with Crippen molar-refractivity contribution < 1.29 is 17.5 Å². The van der Waals surface area contributed by atoms with Crippen molar-refractivity contribution in [2.24, 2.45) is 7.05 Å². The highest BCUT2D eigenvalue weighted by Gasteiger charge is 2.35. The number of nitrogens with one attached hydrogen (secondary N) is 1. The van der Waals surface area contributed by atoms with E-state index in [9.17, 15) is 8.42 Å². The molecule has 1 unspecified atom stereocenters. The van der Waals surface area contributed by atoms with Crippen LogP contribution in [-0.2, 0) is 21.6 Å². The van der Waals surface area contributed by atoms with Gasteiger partial charge in [-0.2, -0.15) is 0 Å². The van der Waals surface area contributed by atoms with Crippen molar-refractivity contribution in [3.63, 3.8) is 0 Å². The van der Waals surface area contributed by atoms with Gasteiger partial charge in [0.25, 0.3) is 0 Å². The summed E-state index contributed by atoms with van der Waals surface area (Å²) in [5, 5.41) is 3.46. The summed E-state index contributed by atoms with van der Waals surface area (Å²) in [6.45, 7) is 3.81. The van der Waals surface area contributed by atoms with E-state index in [1.807, 2.05) is 17.7 Å². The van der Waals surface area contributed by atoms with Crippen LogP contribution in [0.15, 0.2) is 41.3 Å². The minimum atomic E-state index is -3.27. The summed E-state index contributed by atoms with van der Waals surface area (Å²) in [6.07, 6.45) is 6.33. The monoisotopic (exact) mass is 528 g/mol. The molecule has 7 nitrogen and oxygen atoms in total. The first-order valence-corrected chi connectivity index (χ1v) is 15.1. The van der Waals surface area contributed by atoms with Crippen LogP contribution in [0.1, 0.15) is 43.6 Å². The molecule has 0 amide bonds. The predicted octanol–water partition coefficient (Wildman–Crippen LogP) is 4.12. The number of nitrogens with zero attached hydrogens (tertiary/aromatic N) is 3. The summed E-state index contributed by atoms with van der Waals surface area (Å²) < 4.78 is 46.5. The molecule has 3 heterocycles. The summed E-state index contributed by atoms with van der Waals surface area (Å²) in [6, 6.07) is 11.2. The Morgan fingerprint density at radius 2 is 1.86 bits per heavy atom. The fourth-order valence-electron chi connectivity index (χ4n) is 6.16. The molecule has 0 bridgehead atoms. The third kappa shape index (κ3) is 5.46. The smallest absolute Gasteiger partial charge is 0.175 e. The number of halogens is 1. The number of imidazole rings is 1. The maximum atomic E-state index is 15.6. The van der Waals surface area contributed by atoms with Gasteiger partial charge in [-0.15, -0.1) is 0 Å². The molecule has 2 saturated heterocycles. The Balaban J connectivity index is 1.42. The highest BCUT2D eigenvalue weighted by Crippen LogP contribution is 2.38. The largest absolute Gasteiger partial charge is 0.385 e. The highest BCUT2D eigenvalue weighted by molar-refractivity contribution is 7.90. The maximum absolute atomic E-state index is 15.6. The summed E-state index contributed by atoms with van der Waals surface area (Å²) in [7, 11) is 0.340. The van der Waals surface area contributed by atoms with Gasteiger partial charge in [-0.1, -0.05) is 0 Å². The lowest BCUT2D eigenvalue weighted by molar-refractivity contribution is 0.0463. The van der Waals surface area contributed by atoms with Crippen LogP contribution in [0.25, 0.3) is 22.4 Å². The summed E-state index contributed by atoms with van der Waals surface area (Å²) in [4.78, 5) is 7.76. The van der Waals surface area contributed by atoms with Crippen LogP contribution in [0.3, 0.4) is 0 Å². The van der Waals surface area contributed by atoms with Crippen LogP contribution >= 0.6 is 0 Å².